The largest absolute Gasteiger partial charge is 0.309 e. The lowest BCUT2D eigenvalue weighted by molar-refractivity contribution is 0.458. The average Bonchev–Trinajstić information content (AvgIpc) is 2.82. The number of hydrogen-bond donors (Lipinski definition) is 0. The van der Waals surface area contributed by atoms with Crippen LogP contribution in [-0.4, -0.2) is 19.3 Å². The van der Waals surface area contributed by atoms with Gasteiger partial charge in [0.25, 0.3) is 0 Å². The molecule has 0 radical (unpaired) electrons. The van der Waals surface area contributed by atoms with E-state index in [0.29, 0.717) is 6.04 Å². The molecule has 0 spiro atoms. The molecule has 0 aliphatic carbocycles. The van der Waals surface area contributed by atoms with E-state index in [4.69, 9.17) is 16.6 Å². The van der Waals surface area contributed by atoms with Gasteiger partial charge in [0.2, 0.25) is 0 Å². The highest BCUT2D eigenvalue weighted by Crippen LogP contribution is 2.31. The zero-order valence-electron chi connectivity index (χ0n) is 11.7. The zero-order chi connectivity index (χ0) is 13.4. The number of nitrogens with zero attached hydrogens (tertiary/aromatic N) is 4. The van der Waals surface area contributed by atoms with E-state index < -0.39 is 0 Å². The smallest absolute Gasteiger partial charge is 0.158 e. The Labute approximate surface area is 113 Å². The molecule has 0 aromatic carbocycles. The highest BCUT2D eigenvalue weighted by Gasteiger charge is 2.23. The van der Waals surface area contributed by atoms with Crippen LogP contribution < -0.4 is 0 Å². The number of aryl methyl sites for hydroxylation is 2. The predicted octanol–water partition coefficient (Wildman–Crippen LogP) is 3.74. The van der Waals surface area contributed by atoms with Crippen molar-refractivity contribution < 1.29 is 0 Å². The van der Waals surface area contributed by atoms with E-state index in [2.05, 4.69) is 23.5 Å². The molecule has 1 unspecified atom stereocenters. The SMILES string of the molecule is CCC(CC)n1c(C(C)Cl)nc2c(C)nn(C)c21. The Bertz CT molecular complexity index is 549. The van der Waals surface area contributed by atoms with Crippen molar-refractivity contribution in [1.82, 2.24) is 19.3 Å². The molecular weight excluding hydrogens is 248 g/mol. The molecule has 4 nitrogen and oxygen atoms in total. The number of aromatic nitrogens is 4. The molecule has 1 atom stereocenters. The zero-order valence-corrected chi connectivity index (χ0v) is 12.5. The van der Waals surface area contributed by atoms with Crippen LogP contribution in [-0.2, 0) is 7.05 Å². The molecule has 0 saturated carbocycles. The second kappa shape index (κ2) is 4.92. The molecule has 0 aliphatic rings. The van der Waals surface area contributed by atoms with Gasteiger partial charge in [-0.05, 0) is 26.7 Å². The fraction of sp³-hybridized carbons (Fsp3) is 0.692. The minimum atomic E-state index is -0.0857. The van der Waals surface area contributed by atoms with E-state index in [1.54, 1.807) is 0 Å². The first-order valence-electron chi connectivity index (χ1n) is 6.56. The van der Waals surface area contributed by atoms with Gasteiger partial charge in [-0.3, -0.25) is 4.68 Å². The minimum Gasteiger partial charge on any atom is -0.309 e. The number of alkyl halides is 1. The number of rotatable bonds is 4. The maximum Gasteiger partial charge on any atom is 0.158 e. The maximum atomic E-state index is 6.29. The second-order valence-corrected chi connectivity index (χ2v) is 5.46. The van der Waals surface area contributed by atoms with Gasteiger partial charge >= 0.3 is 0 Å². The first-order chi connectivity index (χ1) is 8.51. The molecule has 2 heterocycles. The highest BCUT2D eigenvalue weighted by molar-refractivity contribution is 6.20. The van der Waals surface area contributed by atoms with Crippen molar-refractivity contribution in [2.75, 3.05) is 0 Å². The molecule has 0 fully saturated rings. The normalized spacial score (nSPS) is 13.7. The van der Waals surface area contributed by atoms with Gasteiger partial charge in [0.05, 0.1) is 11.1 Å². The standard InChI is InChI=1S/C13H21ClN4/c1-6-10(7-2)18-12(8(3)14)15-11-9(4)16-17(5)13(11)18/h8,10H,6-7H2,1-5H3. The van der Waals surface area contributed by atoms with Gasteiger partial charge in [-0.2, -0.15) is 5.10 Å². The van der Waals surface area contributed by atoms with Gasteiger partial charge < -0.3 is 4.57 Å². The fourth-order valence-corrected chi connectivity index (χ4v) is 2.76. The molecule has 2 aromatic heterocycles. The van der Waals surface area contributed by atoms with Crippen LogP contribution in [0, 0.1) is 6.92 Å². The Kier molecular flexibility index (Phi) is 3.66. The number of halogens is 1. The predicted molar refractivity (Wildman–Crippen MR) is 75.1 cm³/mol. The van der Waals surface area contributed by atoms with Crippen LogP contribution >= 0.6 is 11.6 Å². The third-order valence-electron chi connectivity index (χ3n) is 3.53. The second-order valence-electron chi connectivity index (χ2n) is 4.81. The Morgan fingerprint density at radius 2 is 1.89 bits per heavy atom. The summed E-state index contributed by atoms with van der Waals surface area (Å²) in [6.45, 7) is 8.37. The van der Waals surface area contributed by atoms with E-state index in [0.717, 1.165) is 35.5 Å². The molecule has 0 N–H and O–H groups in total. The summed E-state index contributed by atoms with van der Waals surface area (Å²) in [5, 5.41) is 4.37. The number of imidazole rings is 1. The average molecular weight is 269 g/mol. The van der Waals surface area contributed by atoms with E-state index in [1.807, 2.05) is 25.6 Å². The Morgan fingerprint density at radius 3 is 2.39 bits per heavy atom. The van der Waals surface area contributed by atoms with Crippen LogP contribution in [0.1, 0.15) is 56.6 Å². The van der Waals surface area contributed by atoms with Gasteiger partial charge in [0.1, 0.15) is 11.3 Å². The molecule has 2 aromatic rings. The monoisotopic (exact) mass is 268 g/mol. The first-order valence-corrected chi connectivity index (χ1v) is 7.00. The van der Waals surface area contributed by atoms with Crippen LogP contribution in [0.25, 0.3) is 11.2 Å². The Morgan fingerprint density at radius 1 is 1.28 bits per heavy atom. The lowest BCUT2D eigenvalue weighted by atomic mass is 10.1. The van der Waals surface area contributed by atoms with Crippen molar-refractivity contribution in [2.45, 2.75) is 52.0 Å². The molecule has 0 amide bonds. The first kappa shape index (κ1) is 13.4. The van der Waals surface area contributed by atoms with Crippen molar-refractivity contribution in [3.05, 3.63) is 11.5 Å². The maximum absolute atomic E-state index is 6.29. The van der Waals surface area contributed by atoms with Crippen LogP contribution in [0.3, 0.4) is 0 Å². The summed E-state index contributed by atoms with van der Waals surface area (Å²) in [6, 6.07) is 0.431. The molecule has 2 rings (SSSR count). The minimum absolute atomic E-state index is 0.0857. The number of hydrogen-bond acceptors (Lipinski definition) is 2. The summed E-state index contributed by atoms with van der Waals surface area (Å²) < 4.78 is 4.19. The van der Waals surface area contributed by atoms with Crippen LogP contribution in [0.2, 0.25) is 0 Å². The Balaban J connectivity index is 2.76. The molecule has 0 saturated heterocycles. The third kappa shape index (κ3) is 1.92. The van der Waals surface area contributed by atoms with Crippen molar-refractivity contribution in [2.24, 2.45) is 7.05 Å². The van der Waals surface area contributed by atoms with E-state index >= 15 is 0 Å². The quantitative estimate of drug-likeness (QED) is 0.792. The Hall–Kier alpha value is -1.03. The van der Waals surface area contributed by atoms with E-state index in [9.17, 15) is 0 Å². The molecule has 5 heteroatoms. The van der Waals surface area contributed by atoms with E-state index in [1.165, 1.54) is 0 Å². The number of fused-ring (bicyclic) bond motifs is 1. The molecule has 0 aliphatic heterocycles. The fourth-order valence-electron chi connectivity index (χ4n) is 2.61. The molecular formula is C13H21ClN4. The molecule has 18 heavy (non-hydrogen) atoms. The summed E-state index contributed by atoms with van der Waals surface area (Å²) >= 11 is 6.29. The van der Waals surface area contributed by atoms with Gasteiger partial charge in [-0.15, -0.1) is 11.6 Å². The van der Waals surface area contributed by atoms with Crippen LogP contribution in [0.5, 0.6) is 0 Å². The third-order valence-corrected chi connectivity index (χ3v) is 3.72. The van der Waals surface area contributed by atoms with Crippen molar-refractivity contribution in [3.63, 3.8) is 0 Å². The lowest BCUT2D eigenvalue weighted by Crippen LogP contribution is -2.13. The van der Waals surface area contributed by atoms with Crippen LogP contribution in [0.4, 0.5) is 0 Å². The summed E-state index contributed by atoms with van der Waals surface area (Å²) in [6.07, 6.45) is 2.14. The van der Waals surface area contributed by atoms with Gasteiger partial charge in [-0.1, -0.05) is 13.8 Å². The van der Waals surface area contributed by atoms with Gasteiger partial charge in [-0.25, -0.2) is 4.98 Å². The summed E-state index contributed by atoms with van der Waals surface area (Å²) in [4.78, 5) is 4.70. The summed E-state index contributed by atoms with van der Waals surface area (Å²) in [7, 11) is 1.97. The van der Waals surface area contributed by atoms with Gasteiger partial charge in [0.15, 0.2) is 5.65 Å². The highest BCUT2D eigenvalue weighted by atomic mass is 35.5. The van der Waals surface area contributed by atoms with E-state index in [-0.39, 0.29) is 5.38 Å². The topological polar surface area (TPSA) is 35.6 Å². The summed E-state index contributed by atoms with van der Waals surface area (Å²) in [5.74, 6) is 0.955. The molecule has 0 bridgehead atoms. The van der Waals surface area contributed by atoms with Crippen molar-refractivity contribution >= 4 is 22.8 Å². The van der Waals surface area contributed by atoms with Crippen molar-refractivity contribution in [1.29, 1.82) is 0 Å². The lowest BCUT2D eigenvalue weighted by Gasteiger charge is -2.19. The van der Waals surface area contributed by atoms with Gasteiger partial charge in [0, 0.05) is 13.1 Å². The summed E-state index contributed by atoms with van der Waals surface area (Å²) in [5.41, 5.74) is 3.03. The molecule has 100 valence electrons. The van der Waals surface area contributed by atoms with Crippen LogP contribution in [0.15, 0.2) is 0 Å². The van der Waals surface area contributed by atoms with Crippen molar-refractivity contribution in [3.8, 4) is 0 Å².